The lowest BCUT2D eigenvalue weighted by Crippen LogP contribution is -1.84. The second-order valence-corrected chi connectivity index (χ2v) is 7.11. The van der Waals surface area contributed by atoms with E-state index < -0.39 is 0 Å². The van der Waals surface area contributed by atoms with Gasteiger partial charge in [-0.2, -0.15) is 21.5 Å². The average Bonchev–Trinajstić information content (AvgIpc) is 3.53. The van der Waals surface area contributed by atoms with Gasteiger partial charge in [0.05, 0.1) is 22.8 Å². The van der Waals surface area contributed by atoms with Crippen LogP contribution in [0.4, 0.5) is 0 Å². The van der Waals surface area contributed by atoms with Gasteiger partial charge in [-0.05, 0) is 23.6 Å². The molecule has 0 aliphatic carbocycles. The van der Waals surface area contributed by atoms with Crippen LogP contribution in [0.15, 0.2) is 53.7 Å². The first-order chi connectivity index (χ1) is 13.9. The number of nitrogens with one attached hydrogen (secondary N) is 3. The zero-order chi connectivity index (χ0) is 18.5. The summed E-state index contributed by atoms with van der Waals surface area (Å²) < 4.78 is 0. The fraction of sp³-hybridized carbons (Fsp3) is 0. The van der Waals surface area contributed by atoms with Gasteiger partial charge in [-0.15, -0.1) is 0 Å². The Morgan fingerprint density at radius 3 is 2.86 bits per heavy atom. The minimum atomic E-state index is 0.638. The van der Waals surface area contributed by atoms with Crippen LogP contribution >= 0.6 is 11.3 Å². The van der Waals surface area contributed by atoms with Crippen molar-refractivity contribution in [3.05, 3.63) is 53.7 Å². The third-order valence-corrected chi connectivity index (χ3v) is 5.36. The van der Waals surface area contributed by atoms with Crippen molar-refractivity contribution in [1.82, 2.24) is 40.3 Å². The molecule has 0 unspecified atom stereocenters. The van der Waals surface area contributed by atoms with Crippen molar-refractivity contribution in [2.24, 2.45) is 0 Å². The molecule has 0 bridgehead atoms. The van der Waals surface area contributed by atoms with E-state index in [9.17, 15) is 0 Å². The van der Waals surface area contributed by atoms with Crippen molar-refractivity contribution in [1.29, 1.82) is 0 Å². The van der Waals surface area contributed by atoms with Crippen molar-refractivity contribution in [3.63, 3.8) is 0 Å². The second-order valence-electron chi connectivity index (χ2n) is 6.33. The van der Waals surface area contributed by atoms with Crippen molar-refractivity contribution < 1.29 is 0 Å². The van der Waals surface area contributed by atoms with E-state index in [0.717, 1.165) is 44.5 Å². The van der Waals surface area contributed by atoms with Gasteiger partial charge in [-0.1, -0.05) is 0 Å². The van der Waals surface area contributed by atoms with Gasteiger partial charge in [0, 0.05) is 40.7 Å². The van der Waals surface area contributed by atoms with Crippen LogP contribution in [-0.4, -0.2) is 40.3 Å². The quantitative estimate of drug-likeness (QED) is 0.427. The molecule has 8 nitrogen and oxygen atoms in total. The highest BCUT2D eigenvalue weighted by Crippen LogP contribution is 2.31. The molecule has 0 radical (unpaired) electrons. The topological polar surface area (TPSA) is 112 Å². The molecule has 0 spiro atoms. The lowest BCUT2D eigenvalue weighted by atomic mass is 10.1. The molecule has 0 atom stereocenters. The number of hydrogen-bond donors (Lipinski definition) is 3. The van der Waals surface area contributed by atoms with Gasteiger partial charge in [0.25, 0.3) is 0 Å². The third-order valence-electron chi connectivity index (χ3n) is 4.67. The smallest absolute Gasteiger partial charge is 0.181 e. The summed E-state index contributed by atoms with van der Waals surface area (Å²) in [7, 11) is 0. The highest BCUT2D eigenvalue weighted by Gasteiger charge is 2.16. The van der Waals surface area contributed by atoms with E-state index in [0.29, 0.717) is 11.5 Å². The molecule has 9 heteroatoms. The monoisotopic (exact) mass is 384 g/mol. The molecular formula is C19H12N8S. The molecule has 0 aliphatic heterocycles. The van der Waals surface area contributed by atoms with Crippen LogP contribution in [0.3, 0.4) is 0 Å². The molecule has 0 saturated carbocycles. The number of nitrogens with zero attached hydrogens (tertiary/aromatic N) is 5. The van der Waals surface area contributed by atoms with Crippen LogP contribution in [0, 0.1) is 0 Å². The van der Waals surface area contributed by atoms with E-state index in [1.165, 1.54) is 0 Å². The summed E-state index contributed by atoms with van der Waals surface area (Å²) in [6.07, 6.45) is 7.18. The van der Waals surface area contributed by atoms with Crippen LogP contribution in [0.1, 0.15) is 0 Å². The number of H-pyrrole nitrogens is 3. The fourth-order valence-electron chi connectivity index (χ4n) is 3.31. The molecule has 6 rings (SSSR count). The van der Waals surface area contributed by atoms with Crippen molar-refractivity contribution in [2.75, 3.05) is 0 Å². The van der Waals surface area contributed by atoms with Crippen LogP contribution < -0.4 is 0 Å². The normalized spacial score (nSPS) is 11.6. The molecule has 0 amide bonds. The van der Waals surface area contributed by atoms with Gasteiger partial charge in [0.2, 0.25) is 0 Å². The first-order valence-electron chi connectivity index (χ1n) is 8.58. The first-order valence-corrected chi connectivity index (χ1v) is 9.52. The van der Waals surface area contributed by atoms with Crippen LogP contribution in [0.5, 0.6) is 0 Å². The van der Waals surface area contributed by atoms with Gasteiger partial charge in [-0.3, -0.25) is 15.2 Å². The van der Waals surface area contributed by atoms with Crippen molar-refractivity contribution in [3.8, 4) is 33.9 Å². The zero-order valence-corrected chi connectivity index (χ0v) is 15.2. The number of pyridine rings is 2. The predicted octanol–water partition coefficient (Wildman–Crippen LogP) is 4.01. The Hall–Kier alpha value is -3.85. The standard InChI is InChI=1S/C19H12N8S/c1-3-20-15(10-2-4-28-9-10)17-14(1)24-19(25-17)16-13-5-11(12-7-22-23-8-12)6-21-18(13)27-26-16/h1-9H,(H,22,23)(H,24,25)(H,21,26,27). The number of imidazole rings is 1. The van der Waals surface area contributed by atoms with E-state index in [-0.39, 0.29) is 0 Å². The zero-order valence-electron chi connectivity index (χ0n) is 14.3. The largest absolute Gasteiger partial charge is 0.337 e. The minimum absolute atomic E-state index is 0.638. The molecular weight excluding hydrogens is 372 g/mol. The molecule has 6 aromatic heterocycles. The van der Waals surface area contributed by atoms with Crippen molar-refractivity contribution >= 4 is 33.4 Å². The molecule has 0 aromatic carbocycles. The SMILES string of the molecule is c1cc2[nH]c(-c3[nH]nc4ncc(-c5cn[nH]c5)cc34)nc2c(-c2ccsc2)n1. The van der Waals surface area contributed by atoms with E-state index in [1.807, 2.05) is 29.8 Å². The van der Waals surface area contributed by atoms with Gasteiger partial charge >= 0.3 is 0 Å². The molecule has 6 aromatic rings. The molecule has 28 heavy (non-hydrogen) atoms. The van der Waals surface area contributed by atoms with Crippen molar-refractivity contribution in [2.45, 2.75) is 0 Å². The summed E-state index contributed by atoms with van der Waals surface area (Å²) in [6.45, 7) is 0. The average molecular weight is 384 g/mol. The Labute approximate surface area is 161 Å². The molecule has 6 heterocycles. The number of hydrogen-bond acceptors (Lipinski definition) is 6. The van der Waals surface area contributed by atoms with Gasteiger partial charge < -0.3 is 4.98 Å². The summed E-state index contributed by atoms with van der Waals surface area (Å²) in [5.74, 6) is 0.702. The molecule has 0 saturated heterocycles. The van der Waals surface area contributed by atoms with E-state index in [2.05, 4.69) is 40.7 Å². The Bertz CT molecular complexity index is 1410. The maximum atomic E-state index is 4.82. The van der Waals surface area contributed by atoms with Crippen LogP contribution in [0.2, 0.25) is 0 Å². The maximum Gasteiger partial charge on any atom is 0.181 e. The number of aromatic nitrogens is 8. The predicted molar refractivity (Wildman–Crippen MR) is 108 cm³/mol. The molecule has 0 fully saturated rings. The van der Waals surface area contributed by atoms with E-state index in [4.69, 9.17) is 4.98 Å². The van der Waals surface area contributed by atoms with Gasteiger partial charge in [0.1, 0.15) is 11.2 Å². The first kappa shape index (κ1) is 15.2. The van der Waals surface area contributed by atoms with Gasteiger partial charge in [-0.25, -0.2) is 9.97 Å². The highest BCUT2D eigenvalue weighted by molar-refractivity contribution is 7.08. The molecule has 3 N–H and O–H groups in total. The Morgan fingerprint density at radius 2 is 2.00 bits per heavy atom. The Kier molecular flexibility index (Phi) is 3.17. The Balaban J connectivity index is 1.55. The summed E-state index contributed by atoms with van der Waals surface area (Å²) in [5.41, 5.74) is 7.04. The Morgan fingerprint density at radius 1 is 1.00 bits per heavy atom. The van der Waals surface area contributed by atoms with E-state index in [1.54, 1.807) is 29.9 Å². The maximum absolute atomic E-state index is 4.82. The highest BCUT2D eigenvalue weighted by atomic mass is 32.1. The summed E-state index contributed by atoms with van der Waals surface area (Å²) in [4.78, 5) is 17.2. The fourth-order valence-corrected chi connectivity index (χ4v) is 3.95. The van der Waals surface area contributed by atoms with Gasteiger partial charge in [0.15, 0.2) is 11.5 Å². The van der Waals surface area contributed by atoms with Crippen LogP contribution in [0.25, 0.3) is 56.0 Å². The number of thiophene rings is 1. The summed E-state index contributed by atoms with van der Waals surface area (Å²) >= 11 is 1.64. The number of rotatable bonds is 3. The summed E-state index contributed by atoms with van der Waals surface area (Å²) in [5, 5.41) is 19.2. The second kappa shape index (κ2) is 5.83. The molecule has 0 aliphatic rings. The summed E-state index contributed by atoms with van der Waals surface area (Å²) in [6, 6.07) is 6.01. The molecule has 134 valence electrons. The lowest BCUT2D eigenvalue weighted by Gasteiger charge is -1.98. The lowest BCUT2D eigenvalue weighted by molar-refractivity contribution is 1.09. The van der Waals surface area contributed by atoms with Crippen LogP contribution in [-0.2, 0) is 0 Å². The minimum Gasteiger partial charge on any atom is -0.337 e. The van der Waals surface area contributed by atoms with E-state index >= 15 is 0 Å². The number of aromatic amines is 3. The number of fused-ring (bicyclic) bond motifs is 2. The third kappa shape index (κ3) is 2.26.